The number of hydrogen-bond acceptors (Lipinski definition) is 8. The number of oxazole rings is 1. The summed E-state index contributed by atoms with van der Waals surface area (Å²) in [5.74, 6) is 1.17. The first-order valence-corrected chi connectivity index (χ1v) is 13.5. The van der Waals surface area contributed by atoms with Gasteiger partial charge >= 0.3 is 0 Å². The van der Waals surface area contributed by atoms with Gasteiger partial charge in [-0.3, -0.25) is 19.6 Å². The molecule has 5 aromatic rings. The van der Waals surface area contributed by atoms with Crippen molar-refractivity contribution < 1.29 is 19.1 Å². The zero-order valence-electron chi connectivity index (χ0n) is 22.1. The number of aliphatic hydroxyl groups excluding tert-OH is 1. The Hall–Kier alpha value is -4.31. The van der Waals surface area contributed by atoms with Gasteiger partial charge in [0.05, 0.1) is 12.1 Å². The van der Waals surface area contributed by atoms with Crippen molar-refractivity contribution in [3.63, 3.8) is 0 Å². The summed E-state index contributed by atoms with van der Waals surface area (Å²) in [5.41, 5.74) is 3.99. The molecule has 1 unspecified atom stereocenters. The summed E-state index contributed by atoms with van der Waals surface area (Å²) < 4.78 is 11.7. The molecule has 9 heteroatoms. The molecule has 0 aliphatic carbocycles. The number of benzene rings is 3. The monoisotopic (exact) mass is 537 g/mol. The first-order valence-electron chi connectivity index (χ1n) is 13.5. The van der Waals surface area contributed by atoms with Crippen molar-refractivity contribution in [2.45, 2.75) is 6.10 Å². The summed E-state index contributed by atoms with van der Waals surface area (Å²) in [4.78, 5) is 25.8. The molecule has 1 fully saturated rings. The van der Waals surface area contributed by atoms with Crippen molar-refractivity contribution in [3.8, 4) is 17.2 Å². The van der Waals surface area contributed by atoms with Crippen molar-refractivity contribution in [3.05, 3.63) is 85.1 Å². The van der Waals surface area contributed by atoms with Crippen LogP contribution in [0.3, 0.4) is 0 Å². The third-order valence-electron chi connectivity index (χ3n) is 7.01. The van der Waals surface area contributed by atoms with Gasteiger partial charge in [-0.05, 0) is 48.5 Å². The van der Waals surface area contributed by atoms with Crippen LogP contribution in [0.25, 0.3) is 33.5 Å². The zero-order chi connectivity index (χ0) is 27.3. The van der Waals surface area contributed by atoms with E-state index in [1.807, 2.05) is 78.9 Å². The fourth-order valence-corrected chi connectivity index (χ4v) is 4.93. The number of anilines is 1. The van der Waals surface area contributed by atoms with Gasteiger partial charge in [-0.15, -0.1) is 0 Å². The molecular formula is C31H31N5O4. The number of aromatic nitrogens is 2. The van der Waals surface area contributed by atoms with Gasteiger partial charge in [0.2, 0.25) is 11.8 Å². The first kappa shape index (κ1) is 25.9. The molecule has 2 N–H and O–H groups in total. The number of amides is 1. The van der Waals surface area contributed by atoms with Crippen molar-refractivity contribution in [1.29, 1.82) is 0 Å². The first-order chi connectivity index (χ1) is 19.6. The fourth-order valence-electron chi connectivity index (χ4n) is 4.93. The molecule has 0 spiro atoms. The van der Waals surface area contributed by atoms with Crippen LogP contribution < -0.4 is 10.1 Å². The van der Waals surface area contributed by atoms with Gasteiger partial charge in [-0.2, -0.15) is 0 Å². The Labute approximate surface area is 232 Å². The smallest absolute Gasteiger partial charge is 0.238 e. The maximum absolute atomic E-state index is 12.6. The number of nitrogens with one attached hydrogen (secondary N) is 1. The minimum absolute atomic E-state index is 0.0369. The van der Waals surface area contributed by atoms with Crippen LogP contribution >= 0.6 is 0 Å². The second-order valence-corrected chi connectivity index (χ2v) is 10.0. The normalized spacial score (nSPS) is 15.3. The summed E-state index contributed by atoms with van der Waals surface area (Å²) in [6.07, 6.45) is 1.12. The van der Waals surface area contributed by atoms with E-state index >= 15 is 0 Å². The highest BCUT2D eigenvalue weighted by molar-refractivity contribution is 5.94. The van der Waals surface area contributed by atoms with E-state index in [1.165, 1.54) is 0 Å². The molecule has 1 amide bonds. The average molecular weight is 538 g/mol. The lowest BCUT2D eigenvalue weighted by atomic mass is 10.2. The molecule has 1 aliphatic rings. The van der Waals surface area contributed by atoms with Crippen molar-refractivity contribution >= 4 is 33.6 Å². The van der Waals surface area contributed by atoms with Gasteiger partial charge in [-0.25, -0.2) is 4.98 Å². The molecule has 2 aromatic heterocycles. The number of carbonyl (C=O) groups is 1. The van der Waals surface area contributed by atoms with Gasteiger partial charge in [0, 0.05) is 61.6 Å². The van der Waals surface area contributed by atoms with Crippen LogP contribution in [0.5, 0.6) is 5.75 Å². The number of rotatable bonds is 9. The lowest BCUT2D eigenvalue weighted by molar-refractivity contribution is -0.117. The number of ether oxygens (including phenoxy) is 1. The third kappa shape index (κ3) is 6.28. The summed E-state index contributed by atoms with van der Waals surface area (Å²) >= 11 is 0. The molecule has 9 nitrogen and oxygen atoms in total. The summed E-state index contributed by atoms with van der Waals surface area (Å²) in [5, 5.41) is 14.6. The summed E-state index contributed by atoms with van der Waals surface area (Å²) in [6.45, 7) is 4.10. The highest BCUT2D eigenvalue weighted by Crippen LogP contribution is 2.27. The molecule has 40 heavy (non-hydrogen) atoms. The minimum atomic E-state index is -0.634. The van der Waals surface area contributed by atoms with E-state index in [9.17, 15) is 9.90 Å². The van der Waals surface area contributed by atoms with Crippen LogP contribution in [0.1, 0.15) is 0 Å². The van der Waals surface area contributed by atoms with Gasteiger partial charge in [0.1, 0.15) is 24.0 Å². The Morgan fingerprint density at radius 2 is 1.77 bits per heavy atom. The highest BCUT2D eigenvalue weighted by atomic mass is 16.5. The summed E-state index contributed by atoms with van der Waals surface area (Å²) in [7, 11) is 0. The molecule has 0 radical (unpaired) electrons. The second kappa shape index (κ2) is 11.8. The zero-order valence-corrected chi connectivity index (χ0v) is 22.1. The number of piperazine rings is 1. The topological polar surface area (TPSA) is 104 Å². The molecular weight excluding hydrogens is 506 g/mol. The number of nitrogens with zero attached hydrogens (tertiary/aromatic N) is 4. The third-order valence-corrected chi connectivity index (χ3v) is 7.01. The average Bonchev–Trinajstić information content (AvgIpc) is 3.41. The number of fused-ring (bicyclic) bond motifs is 2. The Balaban J connectivity index is 0.937. The van der Waals surface area contributed by atoms with Gasteiger partial charge in [0.25, 0.3) is 0 Å². The maximum Gasteiger partial charge on any atom is 0.238 e. The minimum Gasteiger partial charge on any atom is -0.491 e. The molecule has 1 atom stereocenters. The molecule has 1 saturated heterocycles. The van der Waals surface area contributed by atoms with E-state index in [2.05, 4.69) is 25.1 Å². The molecule has 0 bridgehead atoms. The van der Waals surface area contributed by atoms with Crippen molar-refractivity contribution in [2.24, 2.45) is 0 Å². The molecule has 3 heterocycles. The molecule has 0 saturated carbocycles. The fraction of sp³-hybridized carbons (Fsp3) is 0.258. The number of aliphatic hydroxyl groups is 1. The Morgan fingerprint density at radius 1 is 0.950 bits per heavy atom. The Kier molecular flexibility index (Phi) is 7.67. The summed E-state index contributed by atoms with van der Waals surface area (Å²) in [6, 6.07) is 24.8. The van der Waals surface area contributed by atoms with Crippen LogP contribution in [0.15, 0.2) is 89.5 Å². The lowest BCUT2D eigenvalue weighted by Crippen LogP contribution is -2.50. The van der Waals surface area contributed by atoms with Gasteiger partial charge in [-0.1, -0.05) is 24.3 Å². The van der Waals surface area contributed by atoms with Crippen molar-refractivity contribution in [2.75, 3.05) is 51.2 Å². The second-order valence-electron chi connectivity index (χ2n) is 10.0. The van der Waals surface area contributed by atoms with Crippen LogP contribution in [0.2, 0.25) is 0 Å². The Morgan fingerprint density at radius 3 is 2.62 bits per heavy atom. The predicted molar refractivity (Wildman–Crippen MR) is 154 cm³/mol. The van der Waals surface area contributed by atoms with Gasteiger partial charge in [0.15, 0.2) is 5.58 Å². The van der Waals surface area contributed by atoms with E-state index in [1.54, 1.807) is 6.20 Å². The largest absolute Gasteiger partial charge is 0.491 e. The Bertz CT molecular complexity index is 1600. The number of hydrogen-bond donors (Lipinski definition) is 2. The van der Waals surface area contributed by atoms with Crippen LogP contribution in [0, 0.1) is 0 Å². The van der Waals surface area contributed by atoms with Crippen LogP contribution in [0.4, 0.5) is 5.69 Å². The molecule has 1 aliphatic heterocycles. The SMILES string of the molecule is O=C(CN1CCN(CC(O)COc2ccc3oc(-c4ccccc4)nc3c2)CC1)Nc1ccc2ncccc2c1. The standard InChI is InChI=1S/C31H31N5O4/c37-25(21-39-26-9-11-29-28(18-26)34-31(40-29)22-5-2-1-3-6-22)19-35-13-15-36(16-14-35)20-30(38)33-24-8-10-27-23(17-24)7-4-12-32-27/h1-12,17-18,25,37H,13-16,19-21H2,(H,33,38). The highest BCUT2D eigenvalue weighted by Gasteiger charge is 2.21. The maximum atomic E-state index is 12.6. The number of carbonyl (C=O) groups excluding carboxylic acids is 1. The molecule has 3 aromatic carbocycles. The predicted octanol–water partition coefficient (Wildman–Crippen LogP) is 4.04. The van der Waals surface area contributed by atoms with E-state index in [0.29, 0.717) is 35.8 Å². The lowest BCUT2D eigenvalue weighted by Gasteiger charge is -2.35. The van der Waals surface area contributed by atoms with E-state index in [4.69, 9.17) is 9.15 Å². The van der Waals surface area contributed by atoms with Crippen molar-refractivity contribution in [1.82, 2.24) is 19.8 Å². The number of β-amino-alcohol motifs (C(OH)–C–C–N with tert-alkyl or cyclic N) is 1. The van der Waals surface area contributed by atoms with E-state index in [0.717, 1.165) is 48.3 Å². The van der Waals surface area contributed by atoms with E-state index in [-0.39, 0.29) is 12.5 Å². The quantitative estimate of drug-likeness (QED) is 0.290. The van der Waals surface area contributed by atoms with Crippen LogP contribution in [-0.4, -0.2) is 82.8 Å². The van der Waals surface area contributed by atoms with E-state index < -0.39 is 6.10 Å². The molecule has 204 valence electrons. The number of pyridine rings is 1. The molecule has 6 rings (SSSR count). The van der Waals surface area contributed by atoms with Gasteiger partial charge < -0.3 is 19.6 Å². The van der Waals surface area contributed by atoms with Crippen LogP contribution in [-0.2, 0) is 4.79 Å².